The van der Waals surface area contributed by atoms with E-state index in [0.717, 1.165) is 16.9 Å². The summed E-state index contributed by atoms with van der Waals surface area (Å²) in [5.74, 6) is 1.02. The van der Waals surface area contributed by atoms with Crippen molar-refractivity contribution in [3.8, 4) is 22.6 Å². The van der Waals surface area contributed by atoms with Crippen LogP contribution in [-0.4, -0.2) is 16.2 Å². The maximum atomic E-state index is 9.36. The first-order chi connectivity index (χ1) is 8.15. The molecular formula is C14H15NO2. The van der Waals surface area contributed by atoms with E-state index in [-0.39, 0.29) is 11.9 Å². The van der Waals surface area contributed by atoms with Gasteiger partial charge >= 0.3 is 0 Å². The summed E-state index contributed by atoms with van der Waals surface area (Å²) >= 11 is 0. The Balaban J connectivity index is 2.23. The van der Waals surface area contributed by atoms with Crippen molar-refractivity contribution in [2.45, 2.75) is 20.0 Å². The third-order valence-corrected chi connectivity index (χ3v) is 2.28. The van der Waals surface area contributed by atoms with Gasteiger partial charge in [0.15, 0.2) is 0 Å². The topological polar surface area (TPSA) is 42.4 Å². The molecule has 88 valence electrons. The summed E-state index contributed by atoms with van der Waals surface area (Å²) in [5, 5.41) is 9.36. The number of hydrogen-bond donors (Lipinski definition) is 1. The average Bonchev–Trinajstić information content (AvgIpc) is 2.29. The molecule has 0 radical (unpaired) electrons. The molecule has 0 saturated heterocycles. The van der Waals surface area contributed by atoms with Crippen molar-refractivity contribution in [1.82, 2.24) is 4.98 Å². The summed E-state index contributed by atoms with van der Waals surface area (Å²) in [5.41, 5.74) is 1.89. The molecule has 3 nitrogen and oxygen atoms in total. The molecule has 0 bridgehead atoms. The van der Waals surface area contributed by atoms with E-state index in [0.29, 0.717) is 0 Å². The summed E-state index contributed by atoms with van der Waals surface area (Å²) in [6, 6.07) is 9.42. The van der Waals surface area contributed by atoms with Gasteiger partial charge in [-0.15, -0.1) is 0 Å². The van der Waals surface area contributed by atoms with E-state index in [1.54, 1.807) is 12.3 Å². The third-order valence-electron chi connectivity index (χ3n) is 2.28. The molecule has 2 aromatic rings. The fourth-order valence-electron chi connectivity index (χ4n) is 1.58. The van der Waals surface area contributed by atoms with Crippen molar-refractivity contribution >= 4 is 0 Å². The second-order valence-electron chi connectivity index (χ2n) is 4.12. The summed E-state index contributed by atoms with van der Waals surface area (Å²) < 4.78 is 5.56. The van der Waals surface area contributed by atoms with Crippen LogP contribution in [0.25, 0.3) is 11.1 Å². The Labute approximate surface area is 101 Å². The molecule has 1 aromatic heterocycles. The van der Waals surface area contributed by atoms with E-state index in [2.05, 4.69) is 4.98 Å². The fourth-order valence-corrected chi connectivity index (χ4v) is 1.58. The molecule has 0 aliphatic carbocycles. The molecule has 2 rings (SSSR count). The molecule has 0 aliphatic heterocycles. The van der Waals surface area contributed by atoms with E-state index >= 15 is 0 Å². The highest BCUT2D eigenvalue weighted by molar-refractivity contribution is 5.64. The number of hydrogen-bond acceptors (Lipinski definition) is 3. The third kappa shape index (κ3) is 2.97. The van der Waals surface area contributed by atoms with Gasteiger partial charge in [0.1, 0.15) is 11.5 Å². The van der Waals surface area contributed by atoms with E-state index in [1.807, 2.05) is 38.1 Å². The zero-order chi connectivity index (χ0) is 12.3. The minimum absolute atomic E-state index is 0.170. The molecule has 0 atom stereocenters. The number of rotatable bonds is 3. The highest BCUT2D eigenvalue weighted by Crippen LogP contribution is 2.24. The second-order valence-corrected chi connectivity index (χ2v) is 4.12. The Kier molecular flexibility index (Phi) is 3.28. The van der Waals surface area contributed by atoms with Crippen LogP contribution < -0.4 is 4.74 Å². The molecule has 1 aromatic carbocycles. The van der Waals surface area contributed by atoms with Crippen molar-refractivity contribution in [3.63, 3.8) is 0 Å². The van der Waals surface area contributed by atoms with E-state index in [1.165, 1.54) is 6.20 Å². The molecule has 3 heteroatoms. The number of nitrogens with zero attached hydrogens (tertiary/aromatic N) is 1. The van der Waals surface area contributed by atoms with Crippen molar-refractivity contribution in [2.75, 3.05) is 0 Å². The van der Waals surface area contributed by atoms with Gasteiger partial charge in [0.05, 0.1) is 12.3 Å². The molecule has 0 amide bonds. The second kappa shape index (κ2) is 4.87. The Morgan fingerprint density at radius 3 is 2.35 bits per heavy atom. The van der Waals surface area contributed by atoms with Gasteiger partial charge in [-0.3, -0.25) is 4.98 Å². The monoisotopic (exact) mass is 229 g/mol. The lowest BCUT2D eigenvalue weighted by atomic mass is 10.1. The van der Waals surface area contributed by atoms with E-state index < -0.39 is 0 Å². The van der Waals surface area contributed by atoms with Crippen molar-refractivity contribution < 1.29 is 9.84 Å². The highest BCUT2D eigenvalue weighted by atomic mass is 16.5. The SMILES string of the molecule is CC(C)Oc1ccc(-c2cncc(O)c2)cc1. The van der Waals surface area contributed by atoms with Gasteiger partial charge in [-0.1, -0.05) is 12.1 Å². The van der Waals surface area contributed by atoms with Gasteiger partial charge < -0.3 is 9.84 Å². The summed E-state index contributed by atoms with van der Waals surface area (Å²) in [6.45, 7) is 3.99. The van der Waals surface area contributed by atoms with Gasteiger partial charge in [0.2, 0.25) is 0 Å². The van der Waals surface area contributed by atoms with Gasteiger partial charge in [-0.05, 0) is 37.6 Å². The number of aromatic hydroxyl groups is 1. The Bertz CT molecular complexity index is 492. The molecular weight excluding hydrogens is 214 g/mol. The van der Waals surface area contributed by atoms with Crippen molar-refractivity contribution in [1.29, 1.82) is 0 Å². The van der Waals surface area contributed by atoms with E-state index in [4.69, 9.17) is 4.74 Å². The number of benzene rings is 1. The van der Waals surface area contributed by atoms with Crippen LogP contribution in [0.4, 0.5) is 0 Å². The number of aromatic nitrogens is 1. The predicted molar refractivity (Wildman–Crippen MR) is 67.1 cm³/mol. The van der Waals surface area contributed by atoms with Gasteiger partial charge in [-0.2, -0.15) is 0 Å². The lowest BCUT2D eigenvalue weighted by Crippen LogP contribution is -2.05. The largest absolute Gasteiger partial charge is 0.506 e. The maximum absolute atomic E-state index is 9.36. The summed E-state index contributed by atoms with van der Waals surface area (Å²) in [6.07, 6.45) is 3.31. The minimum Gasteiger partial charge on any atom is -0.506 e. The van der Waals surface area contributed by atoms with Crippen LogP contribution >= 0.6 is 0 Å². The first-order valence-electron chi connectivity index (χ1n) is 5.56. The van der Waals surface area contributed by atoms with Crippen molar-refractivity contribution in [2.24, 2.45) is 0 Å². The minimum atomic E-state index is 0.170. The number of pyridine rings is 1. The Morgan fingerprint density at radius 2 is 1.76 bits per heavy atom. The average molecular weight is 229 g/mol. The van der Waals surface area contributed by atoms with Crippen LogP contribution in [0, 0.1) is 0 Å². The van der Waals surface area contributed by atoms with Gasteiger partial charge in [0.25, 0.3) is 0 Å². The van der Waals surface area contributed by atoms with E-state index in [9.17, 15) is 5.11 Å². The Hall–Kier alpha value is -2.03. The Morgan fingerprint density at radius 1 is 1.06 bits per heavy atom. The zero-order valence-electron chi connectivity index (χ0n) is 9.92. The molecule has 1 N–H and O–H groups in total. The van der Waals surface area contributed by atoms with Crippen LogP contribution in [-0.2, 0) is 0 Å². The molecule has 0 spiro atoms. The lowest BCUT2D eigenvalue weighted by Gasteiger charge is -2.10. The highest BCUT2D eigenvalue weighted by Gasteiger charge is 2.01. The number of ether oxygens (including phenoxy) is 1. The quantitative estimate of drug-likeness (QED) is 0.878. The molecule has 17 heavy (non-hydrogen) atoms. The standard InChI is InChI=1S/C14H15NO2/c1-10(2)17-14-5-3-11(4-6-14)12-7-13(16)9-15-8-12/h3-10,16H,1-2H3. The molecule has 0 fully saturated rings. The maximum Gasteiger partial charge on any atom is 0.134 e. The van der Waals surface area contributed by atoms with Crippen LogP contribution in [0.15, 0.2) is 42.7 Å². The first kappa shape index (κ1) is 11.5. The van der Waals surface area contributed by atoms with Crippen LogP contribution in [0.5, 0.6) is 11.5 Å². The molecule has 1 heterocycles. The first-order valence-corrected chi connectivity index (χ1v) is 5.56. The zero-order valence-corrected chi connectivity index (χ0v) is 9.92. The predicted octanol–water partition coefficient (Wildman–Crippen LogP) is 3.24. The fraction of sp³-hybridized carbons (Fsp3) is 0.214. The van der Waals surface area contributed by atoms with Crippen LogP contribution in [0.3, 0.4) is 0 Å². The molecule has 0 unspecified atom stereocenters. The molecule has 0 aliphatic rings. The summed E-state index contributed by atoms with van der Waals surface area (Å²) in [7, 11) is 0. The summed E-state index contributed by atoms with van der Waals surface area (Å²) in [4.78, 5) is 3.95. The lowest BCUT2D eigenvalue weighted by molar-refractivity contribution is 0.242. The van der Waals surface area contributed by atoms with Crippen molar-refractivity contribution in [3.05, 3.63) is 42.7 Å². The molecule has 0 saturated carbocycles. The van der Waals surface area contributed by atoms with Gasteiger partial charge in [-0.25, -0.2) is 0 Å². The van der Waals surface area contributed by atoms with Crippen LogP contribution in [0.2, 0.25) is 0 Å². The van der Waals surface area contributed by atoms with Gasteiger partial charge in [0, 0.05) is 11.8 Å². The van der Waals surface area contributed by atoms with Crippen LogP contribution in [0.1, 0.15) is 13.8 Å². The normalized spacial score (nSPS) is 10.5. The smallest absolute Gasteiger partial charge is 0.134 e.